The Balaban J connectivity index is 1.68. The maximum atomic E-state index is 12.9. The smallest absolute Gasteiger partial charge is 0.253 e. The van der Waals surface area contributed by atoms with Crippen molar-refractivity contribution in [2.75, 3.05) is 33.4 Å². The molecule has 0 saturated carbocycles. The van der Waals surface area contributed by atoms with Gasteiger partial charge < -0.3 is 20.3 Å². The zero-order chi connectivity index (χ0) is 22.9. The van der Waals surface area contributed by atoms with Gasteiger partial charge in [-0.3, -0.25) is 14.4 Å². The number of rotatable bonds is 8. The largest absolute Gasteiger partial charge is 0.383 e. The predicted octanol–water partition coefficient (Wildman–Crippen LogP) is 2.75. The number of carbonyl (C=O) groups excluding carboxylic acids is 3. The number of halogens is 1. The monoisotopic (exact) mass is 457 g/mol. The summed E-state index contributed by atoms with van der Waals surface area (Å²) in [6.07, 6.45) is 1.20. The molecular formula is C24H28ClN3O4. The van der Waals surface area contributed by atoms with Crippen LogP contribution in [0.2, 0.25) is 5.02 Å². The van der Waals surface area contributed by atoms with E-state index in [1.807, 2.05) is 18.2 Å². The van der Waals surface area contributed by atoms with E-state index in [2.05, 4.69) is 10.6 Å². The third-order valence-electron chi connectivity index (χ3n) is 5.61. The quantitative estimate of drug-likeness (QED) is 0.597. The first-order valence-corrected chi connectivity index (χ1v) is 11.1. The lowest BCUT2D eigenvalue weighted by Crippen LogP contribution is -2.54. The molecule has 8 heteroatoms. The molecule has 3 amide bonds. The number of methoxy groups -OCH3 is 1. The number of piperidine rings is 1. The van der Waals surface area contributed by atoms with Gasteiger partial charge in [-0.2, -0.15) is 0 Å². The van der Waals surface area contributed by atoms with Crippen molar-refractivity contribution in [2.45, 2.75) is 18.9 Å². The van der Waals surface area contributed by atoms with Gasteiger partial charge in [-0.1, -0.05) is 41.9 Å². The summed E-state index contributed by atoms with van der Waals surface area (Å²) in [4.78, 5) is 40.3. The van der Waals surface area contributed by atoms with E-state index in [9.17, 15) is 14.4 Å². The summed E-state index contributed by atoms with van der Waals surface area (Å²) in [7, 11) is 1.56. The fraction of sp³-hybridized carbons (Fsp3) is 0.375. The van der Waals surface area contributed by atoms with Crippen molar-refractivity contribution in [3.8, 4) is 0 Å². The summed E-state index contributed by atoms with van der Waals surface area (Å²) >= 11 is 6.16. The van der Waals surface area contributed by atoms with Gasteiger partial charge in [0.05, 0.1) is 17.2 Å². The van der Waals surface area contributed by atoms with E-state index in [0.717, 1.165) is 0 Å². The summed E-state index contributed by atoms with van der Waals surface area (Å²) < 4.78 is 5.00. The molecule has 1 saturated heterocycles. The van der Waals surface area contributed by atoms with Crippen LogP contribution in [-0.4, -0.2) is 62.0 Å². The molecule has 0 bridgehead atoms. The summed E-state index contributed by atoms with van der Waals surface area (Å²) in [5.41, 5.74) is 0.965. The molecule has 0 aliphatic carbocycles. The third kappa shape index (κ3) is 6.08. The highest BCUT2D eigenvalue weighted by Gasteiger charge is 2.34. The number of amides is 3. The normalized spacial score (nSPS) is 15.1. The molecule has 1 fully saturated rings. The van der Waals surface area contributed by atoms with Crippen molar-refractivity contribution < 1.29 is 19.1 Å². The maximum absolute atomic E-state index is 12.9. The van der Waals surface area contributed by atoms with Crippen LogP contribution in [0.1, 0.15) is 33.6 Å². The van der Waals surface area contributed by atoms with E-state index in [1.165, 1.54) is 0 Å². The standard InChI is InChI=1S/C24H28ClN3O4/c1-32-16-13-26-23(30)21(27-22(29)19-9-5-6-10-20(19)25)17-11-14-28(15-12-17)24(31)18-7-3-2-4-8-18/h2-10,17,21H,11-16H2,1H3,(H,26,30)(H,27,29)/t21-/m1/s1. The average molecular weight is 458 g/mol. The Morgan fingerprint density at radius 1 is 1.06 bits per heavy atom. The van der Waals surface area contributed by atoms with Crippen molar-refractivity contribution >= 4 is 29.3 Å². The highest BCUT2D eigenvalue weighted by Crippen LogP contribution is 2.23. The summed E-state index contributed by atoms with van der Waals surface area (Å²) in [6.45, 7) is 1.75. The lowest BCUT2D eigenvalue weighted by molar-refractivity contribution is -0.124. The van der Waals surface area contributed by atoms with Gasteiger partial charge >= 0.3 is 0 Å². The number of nitrogens with one attached hydrogen (secondary N) is 2. The highest BCUT2D eigenvalue weighted by molar-refractivity contribution is 6.33. The molecule has 2 aromatic rings. The van der Waals surface area contributed by atoms with E-state index in [0.29, 0.717) is 55.2 Å². The molecular weight excluding hydrogens is 430 g/mol. The minimum atomic E-state index is -0.732. The Morgan fingerprint density at radius 3 is 2.38 bits per heavy atom. The molecule has 3 rings (SSSR count). The molecule has 1 aliphatic rings. The summed E-state index contributed by atoms with van der Waals surface area (Å²) in [6, 6.07) is 15.1. The molecule has 7 nitrogen and oxygen atoms in total. The van der Waals surface area contributed by atoms with Crippen molar-refractivity contribution in [3.05, 3.63) is 70.7 Å². The first-order chi connectivity index (χ1) is 15.5. The molecule has 170 valence electrons. The Morgan fingerprint density at radius 2 is 1.72 bits per heavy atom. The second-order valence-electron chi connectivity index (χ2n) is 7.71. The number of likely N-dealkylation sites (tertiary alicyclic amines) is 1. The van der Waals surface area contributed by atoms with Crippen LogP contribution in [0.5, 0.6) is 0 Å². The van der Waals surface area contributed by atoms with Gasteiger partial charge in [-0.15, -0.1) is 0 Å². The average Bonchev–Trinajstić information content (AvgIpc) is 2.83. The van der Waals surface area contributed by atoms with Crippen LogP contribution in [0, 0.1) is 5.92 Å². The van der Waals surface area contributed by atoms with E-state index in [-0.39, 0.29) is 17.7 Å². The van der Waals surface area contributed by atoms with Crippen LogP contribution in [0.3, 0.4) is 0 Å². The van der Waals surface area contributed by atoms with Gasteiger partial charge in [-0.25, -0.2) is 0 Å². The number of nitrogens with zero attached hydrogens (tertiary/aromatic N) is 1. The van der Waals surface area contributed by atoms with Gasteiger partial charge in [0, 0.05) is 32.3 Å². The zero-order valence-corrected chi connectivity index (χ0v) is 18.8. The molecule has 2 N–H and O–H groups in total. The minimum Gasteiger partial charge on any atom is -0.383 e. The topological polar surface area (TPSA) is 87.7 Å². The van der Waals surface area contributed by atoms with Crippen molar-refractivity contribution in [1.82, 2.24) is 15.5 Å². The van der Waals surface area contributed by atoms with Crippen LogP contribution in [0.4, 0.5) is 0 Å². The molecule has 0 spiro atoms. The van der Waals surface area contributed by atoms with Crippen LogP contribution < -0.4 is 10.6 Å². The van der Waals surface area contributed by atoms with Crippen molar-refractivity contribution in [3.63, 3.8) is 0 Å². The van der Waals surface area contributed by atoms with E-state index in [4.69, 9.17) is 16.3 Å². The fourth-order valence-electron chi connectivity index (χ4n) is 3.85. The second kappa shape index (κ2) is 11.6. The molecule has 0 radical (unpaired) electrons. The van der Waals surface area contributed by atoms with Crippen LogP contribution in [0.25, 0.3) is 0 Å². The van der Waals surface area contributed by atoms with Crippen molar-refractivity contribution in [2.24, 2.45) is 5.92 Å². The lowest BCUT2D eigenvalue weighted by atomic mass is 9.88. The Bertz CT molecular complexity index is 930. The zero-order valence-electron chi connectivity index (χ0n) is 18.1. The number of hydrogen-bond donors (Lipinski definition) is 2. The molecule has 1 aliphatic heterocycles. The maximum Gasteiger partial charge on any atom is 0.253 e. The van der Waals surface area contributed by atoms with Crippen LogP contribution >= 0.6 is 11.6 Å². The predicted molar refractivity (Wildman–Crippen MR) is 123 cm³/mol. The molecule has 0 aromatic heterocycles. The SMILES string of the molecule is COCCNC(=O)[C@H](NC(=O)c1ccccc1Cl)C1CCN(C(=O)c2ccccc2)CC1. The minimum absolute atomic E-state index is 0.0229. The first kappa shape index (κ1) is 23.8. The van der Waals surface area contributed by atoms with Crippen molar-refractivity contribution in [1.29, 1.82) is 0 Å². The van der Waals surface area contributed by atoms with Crippen LogP contribution in [-0.2, 0) is 9.53 Å². The third-order valence-corrected chi connectivity index (χ3v) is 5.94. The fourth-order valence-corrected chi connectivity index (χ4v) is 4.07. The van der Waals surface area contributed by atoms with E-state index in [1.54, 1.807) is 48.4 Å². The molecule has 0 unspecified atom stereocenters. The van der Waals surface area contributed by atoms with Gasteiger partial charge in [0.25, 0.3) is 11.8 Å². The van der Waals surface area contributed by atoms with Gasteiger partial charge in [0.15, 0.2) is 0 Å². The molecule has 32 heavy (non-hydrogen) atoms. The first-order valence-electron chi connectivity index (χ1n) is 10.7. The number of ether oxygens (including phenoxy) is 1. The number of hydrogen-bond acceptors (Lipinski definition) is 4. The van der Waals surface area contributed by atoms with Crippen LogP contribution in [0.15, 0.2) is 54.6 Å². The highest BCUT2D eigenvalue weighted by atomic mass is 35.5. The summed E-state index contributed by atoms with van der Waals surface area (Å²) in [5, 5.41) is 6.01. The molecule has 1 heterocycles. The van der Waals surface area contributed by atoms with Gasteiger partial charge in [0.2, 0.25) is 5.91 Å². The summed E-state index contributed by atoms with van der Waals surface area (Å²) in [5.74, 6) is -0.797. The Kier molecular flexibility index (Phi) is 8.64. The second-order valence-corrected chi connectivity index (χ2v) is 8.12. The number of carbonyl (C=O) groups is 3. The molecule has 2 aromatic carbocycles. The Labute approximate surface area is 193 Å². The molecule has 1 atom stereocenters. The van der Waals surface area contributed by atoms with Gasteiger partial charge in [0.1, 0.15) is 6.04 Å². The van der Waals surface area contributed by atoms with E-state index >= 15 is 0 Å². The Hall–Kier alpha value is -2.90. The van der Waals surface area contributed by atoms with Gasteiger partial charge in [-0.05, 0) is 43.0 Å². The number of benzene rings is 2. The van der Waals surface area contributed by atoms with E-state index < -0.39 is 11.9 Å². The lowest BCUT2D eigenvalue weighted by Gasteiger charge is -2.36.